The van der Waals surface area contributed by atoms with Crippen molar-refractivity contribution in [1.29, 1.82) is 0 Å². The van der Waals surface area contributed by atoms with Gasteiger partial charge in [-0.2, -0.15) is 0 Å². The zero-order chi connectivity index (χ0) is 32.2. The van der Waals surface area contributed by atoms with Gasteiger partial charge >= 0.3 is 6.09 Å². The molecule has 0 aliphatic carbocycles. The lowest BCUT2D eigenvalue weighted by atomic mass is 9.95. The third-order valence-corrected chi connectivity index (χ3v) is 9.56. The van der Waals surface area contributed by atoms with Crippen molar-refractivity contribution < 1.29 is 27.8 Å². The Morgan fingerprint density at radius 2 is 1.87 bits per heavy atom. The van der Waals surface area contributed by atoms with Crippen molar-refractivity contribution >= 4 is 56.0 Å². The number of pyridine rings is 2. The second kappa shape index (κ2) is 11.9. The number of halogens is 3. The molecule has 45 heavy (non-hydrogen) atoms. The van der Waals surface area contributed by atoms with Crippen molar-refractivity contribution in [3.05, 3.63) is 56.9 Å². The fourth-order valence-corrected chi connectivity index (χ4v) is 7.04. The van der Waals surface area contributed by atoms with Gasteiger partial charge in [0.15, 0.2) is 12.6 Å². The molecule has 0 spiro atoms. The van der Waals surface area contributed by atoms with Crippen LogP contribution in [0.25, 0.3) is 32.8 Å². The van der Waals surface area contributed by atoms with E-state index in [9.17, 15) is 9.18 Å². The molecule has 0 N–H and O–H groups in total. The average Bonchev–Trinajstić information content (AvgIpc) is 3.26. The molecule has 4 heterocycles. The molecular formula is C34H33F2IN4O4. The van der Waals surface area contributed by atoms with Crippen LogP contribution in [0.1, 0.15) is 44.9 Å². The van der Waals surface area contributed by atoms with Gasteiger partial charge in [0.1, 0.15) is 28.7 Å². The minimum Gasteiger partial charge on any atom is -0.468 e. The summed E-state index contributed by atoms with van der Waals surface area (Å²) in [7, 11) is 1.50. The SMILES string of the molecule is C#Cc1c(F)ccc2cc(OCOC)cc(-c3ncc4c(N5CC6CCC(C5)N6C(=O)OC(C)(C)C)nc(C)c(I)c4c3F)c12. The lowest BCUT2D eigenvalue weighted by Gasteiger charge is -2.42. The van der Waals surface area contributed by atoms with E-state index in [2.05, 4.69) is 38.4 Å². The van der Waals surface area contributed by atoms with Gasteiger partial charge in [0.2, 0.25) is 0 Å². The number of hydrogen-bond acceptors (Lipinski definition) is 7. The summed E-state index contributed by atoms with van der Waals surface area (Å²) >= 11 is 2.11. The number of rotatable bonds is 5. The van der Waals surface area contributed by atoms with Crippen LogP contribution in [-0.4, -0.2) is 65.6 Å². The van der Waals surface area contributed by atoms with Crippen molar-refractivity contribution in [2.24, 2.45) is 0 Å². The summed E-state index contributed by atoms with van der Waals surface area (Å²) in [5.74, 6) is 2.28. The van der Waals surface area contributed by atoms with Gasteiger partial charge in [-0.15, -0.1) is 6.42 Å². The summed E-state index contributed by atoms with van der Waals surface area (Å²) in [5, 5.41) is 1.86. The fraction of sp³-hybridized carbons (Fsp3) is 0.382. The first-order valence-corrected chi connectivity index (χ1v) is 15.7. The number of nitrogens with zero attached hydrogens (tertiary/aromatic N) is 4. The van der Waals surface area contributed by atoms with E-state index in [1.807, 2.05) is 32.6 Å². The maximum Gasteiger partial charge on any atom is 0.410 e. The Morgan fingerprint density at radius 1 is 1.16 bits per heavy atom. The van der Waals surface area contributed by atoms with Gasteiger partial charge < -0.3 is 19.1 Å². The van der Waals surface area contributed by atoms with Crippen LogP contribution in [0, 0.1) is 34.5 Å². The largest absolute Gasteiger partial charge is 0.468 e. The van der Waals surface area contributed by atoms with E-state index >= 15 is 4.39 Å². The van der Waals surface area contributed by atoms with E-state index in [0.717, 1.165) is 12.8 Å². The molecule has 2 unspecified atom stereocenters. The number of ether oxygens (including phenoxy) is 3. The molecule has 2 aromatic carbocycles. The van der Waals surface area contributed by atoms with Crippen molar-refractivity contribution in [3.63, 3.8) is 0 Å². The molecule has 8 nitrogen and oxygen atoms in total. The lowest BCUT2D eigenvalue weighted by Crippen LogP contribution is -2.57. The second-order valence-corrected chi connectivity index (χ2v) is 13.5. The van der Waals surface area contributed by atoms with Crippen LogP contribution in [0.2, 0.25) is 0 Å². The van der Waals surface area contributed by atoms with Crippen LogP contribution in [0.15, 0.2) is 30.5 Å². The van der Waals surface area contributed by atoms with Crippen LogP contribution >= 0.6 is 22.6 Å². The number of carbonyl (C=O) groups excluding carboxylic acids is 1. The van der Waals surface area contributed by atoms with E-state index in [1.54, 1.807) is 24.4 Å². The number of carbonyl (C=O) groups is 1. The molecule has 2 aliphatic rings. The van der Waals surface area contributed by atoms with E-state index in [0.29, 0.717) is 61.0 Å². The highest BCUT2D eigenvalue weighted by molar-refractivity contribution is 14.1. The van der Waals surface area contributed by atoms with Gasteiger partial charge in [0, 0.05) is 51.7 Å². The summed E-state index contributed by atoms with van der Waals surface area (Å²) < 4.78 is 48.9. The van der Waals surface area contributed by atoms with Crippen molar-refractivity contribution in [3.8, 4) is 29.4 Å². The summed E-state index contributed by atoms with van der Waals surface area (Å²) in [6.45, 7) is 8.47. The van der Waals surface area contributed by atoms with Crippen molar-refractivity contribution in [1.82, 2.24) is 14.9 Å². The zero-order valence-corrected chi connectivity index (χ0v) is 27.9. The fourth-order valence-electron chi connectivity index (χ4n) is 6.39. The molecule has 234 valence electrons. The highest BCUT2D eigenvalue weighted by Gasteiger charge is 2.45. The Labute approximate surface area is 274 Å². The Balaban J connectivity index is 1.47. The van der Waals surface area contributed by atoms with Gasteiger partial charge in [-0.05, 0) is 86.7 Å². The molecule has 0 radical (unpaired) electrons. The van der Waals surface area contributed by atoms with E-state index < -0.39 is 17.2 Å². The highest BCUT2D eigenvalue weighted by Crippen LogP contribution is 2.42. The molecule has 2 fully saturated rings. The normalized spacial score (nSPS) is 18.0. The molecule has 2 bridgehead atoms. The summed E-state index contributed by atoms with van der Waals surface area (Å²) in [4.78, 5) is 26.5. The number of terminal acetylenes is 1. The number of aromatic nitrogens is 2. The summed E-state index contributed by atoms with van der Waals surface area (Å²) in [6, 6.07) is 6.07. The molecule has 2 aliphatic heterocycles. The van der Waals surface area contributed by atoms with Crippen LogP contribution in [0.3, 0.4) is 0 Å². The second-order valence-electron chi connectivity index (χ2n) is 12.4. The number of anilines is 1. The molecule has 11 heteroatoms. The minimum atomic E-state index is -0.590. The third-order valence-electron chi connectivity index (χ3n) is 8.24. The van der Waals surface area contributed by atoms with Gasteiger partial charge in [-0.1, -0.05) is 12.0 Å². The zero-order valence-electron chi connectivity index (χ0n) is 25.7. The van der Waals surface area contributed by atoms with E-state index in [1.165, 1.54) is 13.2 Å². The molecule has 0 saturated carbocycles. The standard InChI is InChI=1S/C34H33F2IN4O4/c1-7-23-26(35)11-8-19-12-22(44-17-43-6)13-24(27(19)23)31-29(36)28-25(14-38-31)32(39-18(2)30(28)37)40-15-20-9-10-21(16-40)41(20)33(42)45-34(3,4)5/h1,8,11-14,20-21H,9-10,15-17H2,2-6H3. The van der Waals surface area contributed by atoms with Crippen LogP contribution in [0.5, 0.6) is 5.75 Å². The number of amides is 1. The lowest BCUT2D eigenvalue weighted by molar-refractivity contribution is 0.0123. The van der Waals surface area contributed by atoms with E-state index in [-0.39, 0.29) is 36.2 Å². The van der Waals surface area contributed by atoms with Crippen molar-refractivity contribution in [2.75, 3.05) is 31.9 Å². The first-order chi connectivity index (χ1) is 21.4. The molecule has 6 rings (SSSR count). The molecule has 2 aromatic heterocycles. The minimum absolute atomic E-state index is 0.0155. The van der Waals surface area contributed by atoms with E-state index in [4.69, 9.17) is 25.6 Å². The van der Waals surface area contributed by atoms with Gasteiger partial charge in [-0.3, -0.25) is 9.88 Å². The molecule has 1 amide bonds. The number of aryl methyl sites for hydroxylation is 1. The quantitative estimate of drug-likeness (QED) is 0.122. The molecular weight excluding hydrogens is 693 g/mol. The monoisotopic (exact) mass is 726 g/mol. The van der Waals surface area contributed by atoms with Gasteiger partial charge in [0.25, 0.3) is 0 Å². The van der Waals surface area contributed by atoms with Crippen LogP contribution < -0.4 is 9.64 Å². The highest BCUT2D eigenvalue weighted by atomic mass is 127. The summed E-state index contributed by atoms with van der Waals surface area (Å²) in [6.07, 6.45) is 8.74. The number of methoxy groups -OCH3 is 1. The molecule has 2 atom stereocenters. The number of benzene rings is 2. The molecule has 2 saturated heterocycles. The average molecular weight is 727 g/mol. The first-order valence-electron chi connectivity index (χ1n) is 14.7. The van der Waals surface area contributed by atoms with Gasteiger partial charge in [-0.25, -0.2) is 18.6 Å². The maximum absolute atomic E-state index is 16.9. The smallest absolute Gasteiger partial charge is 0.410 e. The topological polar surface area (TPSA) is 77.0 Å². The molecule has 4 aromatic rings. The Kier molecular flexibility index (Phi) is 8.24. The summed E-state index contributed by atoms with van der Waals surface area (Å²) in [5.41, 5.74) is 0.408. The Bertz CT molecular complexity index is 1870. The number of fused-ring (bicyclic) bond motifs is 4. The predicted molar refractivity (Wildman–Crippen MR) is 177 cm³/mol. The predicted octanol–water partition coefficient (Wildman–Crippen LogP) is 7.19. The number of hydrogen-bond donors (Lipinski definition) is 0. The number of piperazine rings is 1. The van der Waals surface area contributed by atoms with Crippen LogP contribution in [-0.2, 0) is 9.47 Å². The Hall–Kier alpha value is -3.76. The van der Waals surface area contributed by atoms with Gasteiger partial charge in [0.05, 0.1) is 23.3 Å². The van der Waals surface area contributed by atoms with Crippen LogP contribution in [0.4, 0.5) is 19.4 Å². The maximum atomic E-state index is 16.9. The first kappa shape index (κ1) is 31.2. The Morgan fingerprint density at radius 3 is 2.51 bits per heavy atom. The third kappa shape index (κ3) is 5.63. The van der Waals surface area contributed by atoms with Crippen molar-refractivity contribution in [2.45, 2.75) is 58.2 Å².